The lowest BCUT2D eigenvalue weighted by molar-refractivity contribution is -0.187. The molecule has 0 heterocycles. The van der Waals surface area contributed by atoms with Crippen molar-refractivity contribution >= 4 is 6.79 Å². The Morgan fingerprint density at radius 2 is 1.67 bits per heavy atom. The van der Waals surface area contributed by atoms with E-state index in [2.05, 4.69) is 45.0 Å². The summed E-state index contributed by atoms with van der Waals surface area (Å²) < 4.78 is 6.20. The fourth-order valence-electron chi connectivity index (χ4n) is 3.83. The van der Waals surface area contributed by atoms with Gasteiger partial charge in [-0.1, -0.05) is 45.4 Å². The highest BCUT2D eigenvalue weighted by Crippen LogP contribution is 2.63. The average molecular weight is 290 g/mol. The van der Waals surface area contributed by atoms with Crippen LogP contribution in [-0.2, 0) is 4.79 Å². The predicted molar refractivity (Wildman–Crippen MR) is 88.7 cm³/mol. The van der Waals surface area contributed by atoms with E-state index in [9.17, 15) is 0 Å². The number of carbonyl (C=O) groups is 1. The van der Waals surface area contributed by atoms with Crippen LogP contribution in [0.3, 0.4) is 0 Å². The van der Waals surface area contributed by atoms with E-state index in [-0.39, 0.29) is 0 Å². The van der Waals surface area contributed by atoms with Crippen molar-refractivity contribution in [2.75, 3.05) is 0 Å². The molecule has 2 aliphatic rings. The zero-order valence-corrected chi connectivity index (χ0v) is 14.2. The van der Waals surface area contributed by atoms with Crippen molar-refractivity contribution < 1.29 is 9.53 Å². The summed E-state index contributed by atoms with van der Waals surface area (Å²) in [6, 6.07) is 8.48. The van der Waals surface area contributed by atoms with Crippen LogP contribution in [0.5, 0.6) is 5.75 Å². The number of aryl methyl sites for hydroxylation is 1. The van der Waals surface area contributed by atoms with Crippen molar-refractivity contribution in [1.82, 2.24) is 0 Å². The van der Waals surface area contributed by atoms with Gasteiger partial charge in [0.1, 0.15) is 18.6 Å². The van der Waals surface area contributed by atoms with Crippen LogP contribution in [0.2, 0.25) is 0 Å². The van der Waals surface area contributed by atoms with E-state index in [1.54, 1.807) is 0 Å². The molecule has 2 nitrogen and oxygen atoms in total. The first-order valence-electron chi connectivity index (χ1n) is 8.15. The van der Waals surface area contributed by atoms with Gasteiger partial charge >= 0.3 is 0 Å². The van der Waals surface area contributed by atoms with Crippen molar-refractivity contribution in [3.05, 3.63) is 29.8 Å². The summed E-state index contributed by atoms with van der Waals surface area (Å²) in [6.07, 6.45) is 4.45. The molecule has 1 aromatic carbocycles. The maximum absolute atomic E-state index is 8.00. The van der Waals surface area contributed by atoms with E-state index in [1.165, 1.54) is 24.8 Å². The van der Waals surface area contributed by atoms with Crippen LogP contribution in [0.4, 0.5) is 0 Å². The largest absolute Gasteiger partial charge is 0.490 e. The lowest BCUT2D eigenvalue weighted by Gasteiger charge is -2.63. The number of carbonyl (C=O) groups excluding carboxylic acids is 1. The highest BCUT2D eigenvalue weighted by molar-refractivity contribution is 5.27. The molecule has 4 unspecified atom stereocenters. The molecule has 2 aliphatic carbocycles. The Morgan fingerprint density at radius 1 is 1.10 bits per heavy atom. The zero-order chi connectivity index (χ0) is 16.0. The van der Waals surface area contributed by atoms with Gasteiger partial charge in [-0.05, 0) is 50.2 Å². The molecule has 2 fully saturated rings. The SMILES string of the molecule is C=O.CC.Cc1ccc(OC2CC(C)C23CCC3C)cc1. The predicted octanol–water partition coefficient (Wildman–Crippen LogP) is 5.04. The maximum atomic E-state index is 8.00. The number of benzene rings is 1. The minimum Gasteiger partial charge on any atom is -0.490 e. The van der Waals surface area contributed by atoms with E-state index in [4.69, 9.17) is 9.53 Å². The quantitative estimate of drug-likeness (QED) is 0.762. The molecular formula is C19H30O2. The number of ether oxygens (including phenoxy) is 1. The van der Waals surface area contributed by atoms with Gasteiger partial charge in [0.2, 0.25) is 0 Å². The van der Waals surface area contributed by atoms with Gasteiger partial charge in [-0.15, -0.1) is 0 Å². The molecule has 1 spiro atoms. The Labute approximate surface area is 129 Å². The second-order valence-electron chi connectivity index (χ2n) is 6.11. The smallest absolute Gasteiger partial charge is 0.119 e. The molecule has 2 saturated carbocycles. The third kappa shape index (κ3) is 3.14. The van der Waals surface area contributed by atoms with Gasteiger partial charge in [0.15, 0.2) is 0 Å². The van der Waals surface area contributed by atoms with Crippen molar-refractivity contribution in [2.24, 2.45) is 17.3 Å². The highest BCUT2D eigenvalue weighted by Gasteiger charge is 2.61. The van der Waals surface area contributed by atoms with Gasteiger partial charge in [0, 0.05) is 5.41 Å². The number of hydrogen-bond acceptors (Lipinski definition) is 2. The molecule has 0 bridgehead atoms. The van der Waals surface area contributed by atoms with Gasteiger partial charge in [0.05, 0.1) is 0 Å². The monoisotopic (exact) mass is 290 g/mol. The summed E-state index contributed by atoms with van der Waals surface area (Å²) >= 11 is 0. The normalized spacial score (nSPS) is 32.5. The van der Waals surface area contributed by atoms with Gasteiger partial charge in [-0.2, -0.15) is 0 Å². The molecule has 3 rings (SSSR count). The molecule has 4 atom stereocenters. The van der Waals surface area contributed by atoms with E-state index in [0.29, 0.717) is 11.5 Å². The summed E-state index contributed by atoms with van der Waals surface area (Å²) in [5.74, 6) is 2.74. The molecule has 118 valence electrons. The molecular weight excluding hydrogens is 260 g/mol. The molecule has 0 amide bonds. The third-order valence-corrected chi connectivity index (χ3v) is 5.31. The number of rotatable bonds is 2. The summed E-state index contributed by atoms with van der Waals surface area (Å²) in [5.41, 5.74) is 1.80. The standard InChI is InChI=1S/C16H22O.C2H6.CH2O/c1-11-4-6-14(7-5-11)17-15-10-13(3)16(15)9-8-12(16)2;2*1-2/h4-7,12-13,15H,8-10H2,1-3H3;1-2H3;1H2. The van der Waals surface area contributed by atoms with Crippen LogP contribution in [0, 0.1) is 24.2 Å². The minimum absolute atomic E-state index is 0.462. The Morgan fingerprint density at radius 3 is 2.05 bits per heavy atom. The number of hydrogen-bond donors (Lipinski definition) is 0. The summed E-state index contributed by atoms with van der Waals surface area (Å²) in [5, 5.41) is 0. The van der Waals surface area contributed by atoms with Gasteiger partial charge in [-0.3, -0.25) is 0 Å². The topological polar surface area (TPSA) is 26.3 Å². The molecule has 2 heteroatoms. The van der Waals surface area contributed by atoms with Gasteiger partial charge in [0.25, 0.3) is 0 Å². The Hall–Kier alpha value is -1.31. The van der Waals surface area contributed by atoms with Crippen LogP contribution in [-0.4, -0.2) is 12.9 Å². The summed E-state index contributed by atoms with van der Waals surface area (Å²) in [7, 11) is 0. The van der Waals surface area contributed by atoms with Crippen LogP contribution in [0.15, 0.2) is 24.3 Å². The second kappa shape index (κ2) is 7.63. The van der Waals surface area contributed by atoms with Crippen LogP contribution >= 0.6 is 0 Å². The fourth-order valence-corrected chi connectivity index (χ4v) is 3.83. The van der Waals surface area contributed by atoms with Gasteiger partial charge in [-0.25, -0.2) is 0 Å². The first-order valence-corrected chi connectivity index (χ1v) is 8.15. The average Bonchev–Trinajstić information content (AvgIpc) is 2.51. The van der Waals surface area contributed by atoms with Crippen molar-refractivity contribution in [3.8, 4) is 5.75 Å². The summed E-state index contributed by atoms with van der Waals surface area (Å²) in [4.78, 5) is 8.00. The second-order valence-corrected chi connectivity index (χ2v) is 6.11. The van der Waals surface area contributed by atoms with Crippen molar-refractivity contribution in [1.29, 1.82) is 0 Å². The Kier molecular flexibility index (Phi) is 6.44. The Bertz CT molecular complexity index is 420. The highest BCUT2D eigenvalue weighted by atomic mass is 16.5. The van der Waals surface area contributed by atoms with E-state index in [0.717, 1.165) is 17.6 Å². The van der Waals surface area contributed by atoms with Crippen LogP contribution in [0.1, 0.15) is 52.5 Å². The Balaban J connectivity index is 0.000000510. The van der Waals surface area contributed by atoms with Gasteiger partial charge < -0.3 is 9.53 Å². The lowest BCUT2D eigenvalue weighted by atomic mass is 9.44. The van der Waals surface area contributed by atoms with Crippen molar-refractivity contribution in [3.63, 3.8) is 0 Å². The van der Waals surface area contributed by atoms with Crippen LogP contribution in [0.25, 0.3) is 0 Å². The van der Waals surface area contributed by atoms with Crippen LogP contribution < -0.4 is 4.74 Å². The molecule has 21 heavy (non-hydrogen) atoms. The molecule has 0 aliphatic heterocycles. The molecule has 0 saturated heterocycles. The summed E-state index contributed by atoms with van der Waals surface area (Å²) in [6.45, 7) is 12.9. The third-order valence-electron chi connectivity index (χ3n) is 5.31. The fraction of sp³-hybridized carbons (Fsp3) is 0.632. The first-order chi connectivity index (χ1) is 10.1. The maximum Gasteiger partial charge on any atom is 0.119 e. The molecule has 0 aromatic heterocycles. The zero-order valence-electron chi connectivity index (χ0n) is 14.2. The molecule has 1 aromatic rings. The van der Waals surface area contributed by atoms with E-state index < -0.39 is 0 Å². The van der Waals surface area contributed by atoms with E-state index >= 15 is 0 Å². The van der Waals surface area contributed by atoms with Crippen molar-refractivity contribution in [2.45, 2.75) is 60.0 Å². The molecule has 0 radical (unpaired) electrons. The first kappa shape index (κ1) is 17.7. The minimum atomic E-state index is 0.462. The van der Waals surface area contributed by atoms with E-state index in [1.807, 2.05) is 20.6 Å². The lowest BCUT2D eigenvalue weighted by Crippen LogP contribution is -2.63. The molecule has 0 N–H and O–H groups in total.